The molecule has 1 aliphatic carbocycles. The van der Waals surface area contributed by atoms with E-state index in [-0.39, 0.29) is 0 Å². The van der Waals surface area contributed by atoms with Crippen molar-refractivity contribution < 1.29 is 0 Å². The van der Waals surface area contributed by atoms with Crippen LogP contribution in [0.4, 0.5) is 0 Å². The maximum Gasteiger partial charge on any atom is 0.0127 e. The quantitative estimate of drug-likeness (QED) is 0.624. The van der Waals surface area contributed by atoms with E-state index in [1.165, 1.54) is 38.8 Å². The van der Waals surface area contributed by atoms with Gasteiger partial charge in [-0.05, 0) is 37.6 Å². The van der Waals surface area contributed by atoms with Gasteiger partial charge in [-0.3, -0.25) is 4.90 Å². The molecule has 1 unspecified atom stereocenters. The topological polar surface area (TPSA) is 3.24 Å². The minimum Gasteiger partial charge on any atom is -0.300 e. The molecule has 0 amide bonds. The van der Waals surface area contributed by atoms with E-state index in [2.05, 4.69) is 18.7 Å². The Labute approximate surface area is 76.1 Å². The maximum absolute atomic E-state index is 2.74. The number of likely N-dealkylation sites (tertiary alicyclic amines) is 1. The van der Waals surface area contributed by atoms with Crippen molar-refractivity contribution in [3.63, 3.8) is 0 Å². The highest BCUT2D eigenvalue weighted by Crippen LogP contribution is 2.43. The predicted octanol–water partition coefficient (Wildman–Crippen LogP) is 2.52. The molecule has 0 spiro atoms. The number of piperidine rings is 1. The summed E-state index contributed by atoms with van der Waals surface area (Å²) < 4.78 is 0. The molecule has 1 aliphatic heterocycles. The van der Waals surface area contributed by atoms with Gasteiger partial charge in [-0.1, -0.05) is 20.3 Å². The Hall–Kier alpha value is -0.0400. The fourth-order valence-electron chi connectivity index (χ4n) is 2.47. The fraction of sp³-hybridized carbons (Fsp3) is 1.00. The van der Waals surface area contributed by atoms with E-state index in [0.29, 0.717) is 0 Å². The van der Waals surface area contributed by atoms with E-state index in [4.69, 9.17) is 0 Å². The van der Waals surface area contributed by atoms with Crippen LogP contribution in [0.25, 0.3) is 0 Å². The molecule has 2 rings (SSSR count). The summed E-state index contributed by atoms with van der Waals surface area (Å²) in [5.74, 6) is 2.01. The van der Waals surface area contributed by atoms with Gasteiger partial charge in [0.1, 0.15) is 0 Å². The van der Waals surface area contributed by atoms with Gasteiger partial charge in [0.15, 0.2) is 0 Å². The molecule has 1 saturated heterocycles. The molecule has 1 saturated carbocycles. The van der Waals surface area contributed by atoms with E-state index in [1.54, 1.807) is 0 Å². The van der Waals surface area contributed by atoms with Gasteiger partial charge in [0, 0.05) is 12.6 Å². The summed E-state index contributed by atoms with van der Waals surface area (Å²) in [4.78, 5) is 2.74. The predicted molar refractivity (Wildman–Crippen MR) is 52.2 cm³/mol. The van der Waals surface area contributed by atoms with Gasteiger partial charge in [-0.2, -0.15) is 0 Å². The summed E-state index contributed by atoms with van der Waals surface area (Å²) >= 11 is 0. The van der Waals surface area contributed by atoms with Crippen LogP contribution in [0.5, 0.6) is 0 Å². The Kier molecular flexibility index (Phi) is 2.40. The first-order valence-corrected chi connectivity index (χ1v) is 5.55. The first kappa shape index (κ1) is 8.55. The zero-order chi connectivity index (χ0) is 8.55. The monoisotopic (exact) mass is 167 g/mol. The average Bonchev–Trinajstić information content (AvgIpc) is 2.84. The molecule has 1 heterocycles. The van der Waals surface area contributed by atoms with Crippen LogP contribution >= 0.6 is 0 Å². The summed E-state index contributed by atoms with van der Waals surface area (Å²) in [6, 6.07) is 1.01. The first-order chi connectivity index (χ1) is 5.81. The minimum absolute atomic E-state index is 0.907. The zero-order valence-corrected chi connectivity index (χ0v) is 8.42. The summed E-state index contributed by atoms with van der Waals surface area (Å²) in [6.07, 6.45) is 5.82. The lowest BCUT2D eigenvalue weighted by Gasteiger charge is -2.28. The number of nitrogens with zero attached hydrogens (tertiary/aromatic N) is 1. The standard InChI is InChI=1S/C11H21N/c1-3-9(2)8-12-6-4-5-10-7-11(10)12/h9-11H,3-8H2,1-2H3/t9?,10-,11+/m1/s1. The molecule has 0 radical (unpaired) electrons. The largest absolute Gasteiger partial charge is 0.300 e. The summed E-state index contributed by atoms with van der Waals surface area (Å²) in [5.41, 5.74) is 0. The fourth-order valence-corrected chi connectivity index (χ4v) is 2.47. The Morgan fingerprint density at radius 1 is 1.50 bits per heavy atom. The highest BCUT2D eigenvalue weighted by atomic mass is 15.2. The van der Waals surface area contributed by atoms with Gasteiger partial charge < -0.3 is 0 Å². The van der Waals surface area contributed by atoms with Crippen LogP contribution in [0.15, 0.2) is 0 Å². The number of hydrogen-bond donors (Lipinski definition) is 0. The number of fused-ring (bicyclic) bond motifs is 1. The van der Waals surface area contributed by atoms with Gasteiger partial charge in [0.25, 0.3) is 0 Å². The maximum atomic E-state index is 2.74. The molecule has 0 bridgehead atoms. The zero-order valence-electron chi connectivity index (χ0n) is 8.42. The van der Waals surface area contributed by atoms with Crippen molar-refractivity contribution in [3.8, 4) is 0 Å². The Bertz CT molecular complexity index is 155. The lowest BCUT2D eigenvalue weighted by atomic mass is 10.1. The van der Waals surface area contributed by atoms with Crippen LogP contribution in [-0.4, -0.2) is 24.0 Å². The molecule has 1 heteroatoms. The lowest BCUT2D eigenvalue weighted by Crippen LogP contribution is -2.35. The van der Waals surface area contributed by atoms with E-state index >= 15 is 0 Å². The normalized spacial score (nSPS) is 37.5. The van der Waals surface area contributed by atoms with Crippen LogP contribution in [0, 0.1) is 11.8 Å². The van der Waals surface area contributed by atoms with Crippen molar-refractivity contribution in [2.24, 2.45) is 11.8 Å². The van der Waals surface area contributed by atoms with E-state index in [0.717, 1.165) is 17.9 Å². The Morgan fingerprint density at radius 2 is 2.33 bits per heavy atom. The molecule has 12 heavy (non-hydrogen) atoms. The summed E-state index contributed by atoms with van der Waals surface area (Å²) in [5, 5.41) is 0. The van der Waals surface area contributed by atoms with Crippen molar-refractivity contribution in [1.82, 2.24) is 4.90 Å². The number of rotatable bonds is 3. The molecule has 3 atom stereocenters. The van der Waals surface area contributed by atoms with Crippen LogP contribution in [-0.2, 0) is 0 Å². The molecule has 0 aromatic heterocycles. The molecule has 2 aliphatic rings. The Morgan fingerprint density at radius 3 is 3.08 bits per heavy atom. The van der Waals surface area contributed by atoms with E-state index in [9.17, 15) is 0 Å². The molecular weight excluding hydrogens is 146 g/mol. The SMILES string of the molecule is CCC(C)CN1CCC[C@@H]2C[C@@H]21. The molecule has 0 aromatic rings. The smallest absolute Gasteiger partial charge is 0.0127 e. The number of hydrogen-bond acceptors (Lipinski definition) is 1. The highest BCUT2D eigenvalue weighted by Gasteiger charge is 2.43. The van der Waals surface area contributed by atoms with Gasteiger partial charge in [0.2, 0.25) is 0 Å². The van der Waals surface area contributed by atoms with Crippen molar-refractivity contribution in [3.05, 3.63) is 0 Å². The lowest BCUT2D eigenvalue weighted by molar-refractivity contribution is 0.186. The van der Waals surface area contributed by atoms with Crippen molar-refractivity contribution in [1.29, 1.82) is 0 Å². The van der Waals surface area contributed by atoms with Crippen LogP contribution in [0.3, 0.4) is 0 Å². The third-order valence-corrected chi connectivity index (χ3v) is 3.62. The molecule has 1 nitrogen and oxygen atoms in total. The average molecular weight is 167 g/mol. The molecular formula is C11H21N. The third-order valence-electron chi connectivity index (χ3n) is 3.62. The molecule has 70 valence electrons. The Balaban J connectivity index is 1.79. The van der Waals surface area contributed by atoms with Crippen LogP contribution in [0.2, 0.25) is 0 Å². The van der Waals surface area contributed by atoms with Crippen molar-refractivity contribution in [2.75, 3.05) is 13.1 Å². The minimum atomic E-state index is 0.907. The van der Waals surface area contributed by atoms with Crippen LogP contribution < -0.4 is 0 Å². The van der Waals surface area contributed by atoms with Gasteiger partial charge in [0.05, 0.1) is 0 Å². The highest BCUT2D eigenvalue weighted by molar-refractivity contribution is 4.98. The summed E-state index contributed by atoms with van der Waals surface area (Å²) in [7, 11) is 0. The second-order valence-electron chi connectivity index (χ2n) is 4.71. The van der Waals surface area contributed by atoms with Crippen molar-refractivity contribution in [2.45, 2.75) is 45.6 Å². The third kappa shape index (κ3) is 1.66. The van der Waals surface area contributed by atoms with Crippen LogP contribution in [0.1, 0.15) is 39.5 Å². The summed E-state index contributed by atoms with van der Waals surface area (Å²) in [6.45, 7) is 7.42. The molecule has 0 N–H and O–H groups in total. The first-order valence-electron chi connectivity index (χ1n) is 5.55. The van der Waals surface area contributed by atoms with Crippen molar-refractivity contribution >= 4 is 0 Å². The second-order valence-corrected chi connectivity index (χ2v) is 4.71. The van der Waals surface area contributed by atoms with Gasteiger partial charge in [-0.25, -0.2) is 0 Å². The van der Waals surface area contributed by atoms with E-state index < -0.39 is 0 Å². The molecule has 2 fully saturated rings. The van der Waals surface area contributed by atoms with E-state index in [1.807, 2.05) is 0 Å². The van der Waals surface area contributed by atoms with Gasteiger partial charge >= 0.3 is 0 Å². The van der Waals surface area contributed by atoms with Gasteiger partial charge in [-0.15, -0.1) is 0 Å². The molecule has 0 aromatic carbocycles. The second kappa shape index (κ2) is 3.37.